The molecule has 1 saturated heterocycles. The smallest absolute Gasteiger partial charge is 0.257 e. The average Bonchev–Trinajstić information content (AvgIpc) is 3.01. The molecule has 2 heterocycles. The van der Waals surface area contributed by atoms with Gasteiger partial charge >= 0.3 is 0 Å². The maximum atomic E-state index is 12.6. The minimum Gasteiger partial charge on any atom is -0.339 e. The second-order valence-corrected chi connectivity index (χ2v) is 8.26. The van der Waals surface area contributed by atoms with Crippen molar-refractivity contribution in [3.8, 4) is 0 Å². The highest BCUT2D eigenvalue weighted by Gasteiger charge is 2.32. The molecule has 0 saturated carbocycles. The Balaban J connectivity index is 2.22. The van der Waals surface area contributed by atoms with E-state index >= 15 is 0 Å². The number of carbonyl (C=O) groups is 1. The average molecular weight is 327 g/mol. The van der Waals surface area contributed by atoms with Gasteiger partial charge in [0.2, 0.25) is 0 Å². The summed E-state index contributed by atoms with van der Waals surface area (Å²) in [6.45, 7) is 5.97. The maximum Gasteiger partial charge on any atom is 0.257 e. The molecular formula is C15H25N3O3S. The predicted molar refractivity (Wildman–Crippen MR) is 85.7 cm³/mol. The fourth-order valence-corrected chi connectivity index (χ4v) is 4.85. The normalized spacial score (nSPS) is 20.5. The lowest BCUT2D eigenvalue weighted by Crippen LogP contribution is -2.36. The van der Waals surface area contributed by atoms with Gasteiger partial charge in [0.25, 0.3) is 5.91 Å². The van der Waals surface area contributed by atoms with Gasteiger partial charge in [-0.05, 0) is 26.2 Å². The highest BCUT2D eigenvalue weighted by molar-refractivity contribution is 7.91. The van der Waals surface area contributed by atoms with E-state index in [2.05, 4.69) is 18.9 Å². The van der Waals surface area contributed by atoms with Gasteiger partial charge in [-0.1, -0.05) is 13.8 Å². The second kappa shape index (κ2) is 6.40. The van der Waals surface area contributed by atoms with Crippen molar-refractivity contribution in [2.75, 3.05) is 18.6 Å². The lowest BCUT2D eigenvalue weighted by atomic mass is 10.1. The van der Waals surface area contributed by atoms with Crippen LogP contribution < -0.4 is 0 Å². The Labute approximate surface area is 132 Å². The molecule has 1 fully saturated rings. The van der Waals surface area contributed by atoms with Crippen molar-refractivity contribution in [2.45, 2.75) is 52.1 Å². The molecule has 1 amide bonds. The van der Waals surface area contributed by atoms with Crippen LogP contribution in [0.5, 0.6) is 0 Å². The molecular weight excluding hydrogens is 302 g/mol. The number of amides is 1. The molecule has 1 aliphatic heterocycles. The molecule has 124 valence electrons. The molecule has 0 N–H and O–H groups in total. The first-order valence-electron chi connectivity index (χ1n) is 7.82. The summed E-state index contributed by atoms with van der Waals surface area (Å²) >= 11 is 0. The number of rotatable bonds is 5. The van der Waals surface area contributed by atoms with Crippen LogP contribution in [0.1, 0.15) is 55.2 Å². The number of nitrogens with zero attached hydrogens (tertiary/aromatic N) is 3. The van der Waals surface area contributed by atoms with Crippen LogP contribution in [0, 0.1) is 6.92 Å². The molecule has 0 radical (unpaired) electrons. The van der Waals surface area contributed by atoms with E-state index < -0.39 is 9.84 Å². The van der Waals surface area contributed by atoms with Gasteiger partial charge in [-0.25, -0.2) is 8.42 Å². The van der Waals surface area contributed by atoms with Crippen molar-refractivity contribution >= 4 is 15.7 Å². The minimum atomic E-state index is -2.97. The molecule has 1 atom stereocenters. The Morgan fingerprint density at radius 3 is 2.59 bits per heavy atom. The van der Waals surface area contributed by atoms with Crippen molar-refractivity contribution in [2.24, 2.45) is 0 Å². The van der Waals surface area contributed by atoms with E-state index in [1.54, 1.807) is 15.8 Å². The standard InChI is InChI=1S/C15H25N3O3S/c1-5-12(6-2)17(4)15(19)14-9-16-18(11(14)3)13-7-8-22(20,21)10-13/h9,12-13H,5-8,10H2,1-4H3. The topological polar surface area (TPSA) is 72.3 Å². The lowest BCUT2D eigenvalue weighted by molar-refractivity contribution is 0.0722. The number of hydrogen-bond acceptors (Lipinski definition) is 4. The fourth-order valence-electron chi connectivity index (χ4n) is 3.16. The van der Waals surface area contributed by atoms with Crippen LogP contribution in [0.15, 0.2) is 6.20 Å². The first-order chi connectivity index (χ1) is 10.3. The Hall–Kier alpha value is -1.37. The largest absolute Gasteiger partial charge is 0.339 e. The molecule has 0 aromatic carbocycles. The summed E-state index contributed by atoms with van der Waals surface area (Å²) in [5.41, 5.74) is 1.32. The Morgan fingerprint density at radius 2 is 2.09 bits per heavy atom. The third-order valence-electron chi connectivity index (χ3n) is 4.64. The van der Waals surface area contributed by atoms with Crippen LogP contribution in [0.3, 0.4) is 0 Å². The monoisotopic (exact) mass is 327 g/mol. The maximum absolute atomic E-state index is 12.6. The molecule has 6 nitrogen and oxygen atoms in total. The van der Waals surface area contributed by atoms with Gasteiger partial charge in [-0.15, -0.1) is 0 Å². The fraction of sp³-hybridized carbons (Fsp3) is 0.733. The lowest BCUT2D eigenvalue weighted by Gasteiger charge is -2.26. The predicted octanol–water partition coefficient (Wildman–Crippen LogP) is 1.81. The van der Waals surface area contributed by atoms with Gasteiger partial charge < -0.3 is 4.90 Å². The van der Waals surface area contributed by atoms with Crippen molar-refractivity contribution < 1.29 is 13.2 Å². The Kier molecular flexibility index (Phi) is 4.94. The Bertz CT molecular complexity index is 647. The van der Waals surface area contributed by atoms with Crippen LogP contribution in [-0.4, -0.2) is 53.6 Å². The van der Waals surface area contributed by atoms with Crippen LogP contribution in [0.4, 0.5) is 0 Å². The summed E-state index contributed by atoms with van der Waals surface area (Å²) < 4.78 is 25.0. The molecule has 1 unspecified atom stereocenters. The molecule has 1 aromatic rings. The number of aromatic nitrogens is 2. The minimum absolute atomic E-state index is 0.0432. The van der Waals surface area contributed by atoms with Gasteiger partial charge in [0, 0.05) is 18.8 Å². The van der Waals surface area contributed by atoms with Crippen LogP contribution >= 0.6 is 0 Å². The summed E-state index contributed by atoms with van der Waals surface area (Å²) in [4.78, 5) is 14.4. The van der Waals surface area contributed by atoms with Gasteiger partial charge in [0.15, 0.2) is 9.84 Å². The van der Waals surface area contributed by atoms with Crippen LogP contribution in [0.2, 0.25) is 0 Å². The summed E-state index contributed by atoms with van der Waals surface area (Å²) in [5.74, 6) is 0.276. The van der Waals surface area contributed by atoms with Gasteiger partial charge in [0.05, 0.1) is 29.3 Å². The van der Waals surface area contributed by atoms with E-state index in [-0.39, 0.29) is 29.5 Å². The Morgan fingerprint density at radius 1 is 1.45 bits per heavy atom. The van der Waals surface area contributed by atoms with Crippen molar-refractivity contribution in [1.29, 1.82) is 0 Å². The third-order valence-corrected chi connectivity index (χ3v) is 6.39. The molecule has 0 spiro atoms. The molecule has 0 aliphatic carbocycles. The van der Waals surface area contributed by atoms with Crippen molar-refractivity contribution in [1.82, 2.24) is 14.7 Å². The highest BCUT2D eigenvalue weighted by atomic mass is 32.2. The number of hydrogen-bond donors (Lipinski definition) is 0. The zero-order chi connectivity index (χ0) is 16.5. The van der Waals surface area contributed by atoms with E-state index in [1.807, 2.05) is 14.0 Å². The van der Waals surface area contributed by atoms with E-state index in [0.717, 1.165) is 18.5 Å². The molecule has 0 bridgehead atoms. The first-order valence-corrected chi connectivity index (χ1v) is 9.64. The zero-order valence-electron chi connectivity index (χ0n) is 13.7. The van der Waals surface area contributed by atoms with E-state index in [9.17, 15) is 13.2 Å². The van der Waals surface area contributed by atoms with E-state index in [1.165, 1.54) is 0 Å². The summed E-state index contributed by atoms with van der Waals surface area (Å²) in [6.07, 6.45) is 3.96. The van der Waals surface area contributed by atoms with Gasteiger partial charge in [-0.2, -0.15) is 5.10 Å². The van der Waals surface area contributed by atoms with Crippen LogP contribution in [0.25, 0.3) is 0 Å². The molecule has 22 heavy (non-hydrogen) atoms. The summed E-state index contributed by atoms with van der Waals surface area (Å²) in [6, 6.07) is 0.0621. The highest BCUT2D eigenvalue weighted by Crippen LogP contribution is 2.26. The zero-order valence-corrected chi connectivity index (χ0v) is 14.6. The van der Waals surface area contributed by atoms with Crippen molar-refractivity contribution in [3.05, 3.63) is 17.5 Å². The summed E-state index contributed by atoms with van der Waals surface area (Å²) in [5, 5.41) is 4.28. The molecule has 7 heteroatoms. The van der Waals surface area contributed by atoms with Crippen LogP contribution in [-0.2, 0) is 9.84 Å². The van der Waals surface area contributed by atoms with Gasteiger partial charge in [-0.3, -0.25) is 9.48 Å². The van der Waals surface area contributed by atoms with E-state index in [0.29, 0.717) is 12.0 Å². The van der Waals surface area contributed by atoms with Gasteiger partial charge in [0.1, 0.15) is 0 Å². The second-order valence-electron chi connectivity index (χ2n) is 6.03. The molecule has 1 aliphatic rings. The number of carbonyl (C=O) groups excluding carboxylic acids is 1. The van der Waals surface area contributed by atoms with Crippen molar-refractivity contribution in [3.63, 3.8) is 0 Å². The first kappa shape index (κ1) is 17.0. The molecule has 1 aromatic heterocycles. The third kappa shape index (κ3) is 3.19. The molecule has 2 rings (SSSR count). The number of sulfone groups is 1. The quantitative estimate of drug-likeness (QED) is 0.827. The SMILES string of the molecule is CCC(CC)N(C)C(=O)c1cnn(C2CCS(=O)(=O)C2)c1C. The summed E-state index contributed by atoms with van der Waals surface area (Å²) in [7, 11) is -1.15. The van der Waals surface area contributed by atoms with E-state index in [4.69, 9.17) is 0 Å².